The molecule has 0 saturated carbocycles. The number of piperazine rings is 1. The van der Waals surface area contributed by atoms with Crippen LogP contribution in [-0.2, 0) is 14.3 Å². The van der Waals surface area contributed by atoms with E-state index in [0.717, 1.165) is 31.6 Å². The molecule has 8 heteroatoms. The minimum absolute atomic E-state index is 0.178. The van der Waals surface area contributed by atoms with Crippen molar-refractivity contribution in [2.24, 2.45) is 0 Å². The van der Waals surface area contributed by atoms with E-state index < -0.39 is 5.60 Å². The summed E-state index contributed by atoms with van der Waals surface area (Å²) < 4.78 is 5.29. The Labute approximate surface area is 196 Å². The van der Waals surface area contributed by atoms with Gasteiger partial charge in [-0.25, -0.2) is 4.79 Å². The van der Waals surface area contributed by atoms with Crippen LogP contribution in [0.25, 0.3) is 0 Å². The molecule has 2 bridgehead atoms. The Morgan fingerprint density at radius 1 is 1.09 bits per heavy atom. The summed E-state index contributed by atoms with van der Waals surface area (Å²) in [5.74, 6) is -0.602. The van der Waals surface area contributed by atoms with Crippen LogP contribution in [0.1, 0.15) is 64.4 Å². The Morgan fingerprint density at radius 3 is 2.45 bits per heavy atom. The van der Waals surface area contributed by atoms with Gasteiger partial charge in [-0.15, -0.1) is 0 Å². The van der Waals surface area contributed by atoms with Crippen LogP contribution >= 0.6 is 0 Å². The molecule has 33 heavy (non-hydrogen) atoms. The van der Waals surface area contributed by atoms with Crippen LogP contribution in [0.2, 0.25) is 0 Å². The summed E-state index contributed by atoms with van der Waals surface area (Å²) in [5.41, 5.74) is 1.71. The quantitative estimate of drug-likeness (QED) is 0.505. The lowest BCUT2D eigenvalue weighted by Crippen LogP contribution is -2.63. The fourth-order valence-electron chi connectivity index (χ4n) is 5.20. The first-order chi connectivity index (χ1) is 15.7. The van der Waals surface area contributed by atoms with Gasteiger partial charge in [0.25, 0.3) is 0 Å². The highest BCUT2D eigenvalue weighted by Gasteiger charge is 2.38. The Balaban J connectivity index is 1.26. The number of nitrogens with zero attached hydrogens (tertiary/aromatic N) is 2. The first kappa shape index (κ1) is 23.5. The maximum absolute atomic E-state index is 12.2. The maximum Gasteiger partial charge on any atom is 0.407 e. The van der Waals surface area contributed by atoms with Crippen LogP contribution in [0.4, 0.5) is 10.5 Å². The van der Waals surface area contributed by atoms with E-state index in [4.69, 9.17) is 4.74 Å². The second-order valence-corrected chi connectivity index (χ2v) is 10.4. The predicted molar refractivity (Wildman–Crippen MR) is 126 cm³/mol. The Morgan fingerprint density at radius 2 is 1.82 bits per heavy atom. The first-order valence-corrected chi connectivity index (χ1v) is 12.1. The van der Waals surface area contributed by atoms with Gasteiger partial charge in [0.2, 0.25) is 11.8 Å². The maximum atomic E-state index is 12.2. The van der Waals surface area contributed by atoms with Crippen LogP contribution in [0, 0.1) is 0 Å². The van der Waals surface area contributed by atoms with Gasteiger partial charge in [0.15, 0.2) is 0 Å². The number of nitrogens with one attached hydrogen (secondary N) is 2. The van der Waals surface area contributed by atoms with Crippen molar-refractivity contribution in [3.05, 3.63) is 29.8 Å². The van der Waals surface area contributed by atoms with Gasteiger partial charge < -0.3 is 15.0 Å². The van der Waals surface area contributed by atoms with Crippen molar-refractivity contribution in [2.75, 3.05) is 31.1 Å². The number of hydrogen-bond donors (Lipinski definition) is 2. The number of fused-ring (bicyclic) bond motifs is 3. The number of benzene rings is 1. The zero-order valence-corrected chi connectivity index (χ0v) is 19.9. The molecule has 0 radical (unpaired) electrons. The fraction of sp³-hybridized carbons (Fsp3) is 0.640. The highest BCUT2D eigenvalue weighted by Crippen LogP contribution is 2.34. The first-order valence-electron chi connectivity index (χ1n) is 12.1. The molecule has 4 heterocycles. The minimum Gasteiger partial charge on any atom is -0.444 e. The van der Waals surface area contributed by atoms with E-state index in [-0.39, 0.29) is 23.8 Å². The van der Waals surface area contributed by atoms with Gasteiger partial charge in [0.1, 0.15) is 5.60 Å². The van der Waals surface area contributed by atoms with Gasteiger partial charge in [-0.05, 0) is 64.2 Å². The smallest absolute Gasteiger partial charge is 0.407 e. The van der Waals surface area contributed by atoms with Crippen LogP contribution in [0.5, 0.6) is 0 Å². The van der Waals surface area contributed by atoms with Crippen molar-refractivity contribution in [2.45, 2.75) is 76.5 Å². The summed E-state index contributed by atoms with van der Waals surface area (Å²) in [4.78, 5) is 40.4. The summed E-state index contributed by atoms with van der Waals surface area (Å²) >= 11 is 0. The van der Waals surface area contributed by atoms with Gasteiger partial charge in [0.05, 0.1) is 5.92 Å². The van der Waals surface area contributed by atoms with Crippen molar-refractivity contribution in [3.63, 3.8) is 0 Å². The van der Waals surface area contributed by atoms with Gasteiger partial charge in [0, 0.05) is 50.4 Å². The zero-order valence-electron chi connectivity index (χ0n) is 19.9. The lowest BCUT2D eigenvalue weighted by atomic mass is 9.88. The number of alkyl carbamates (subject to hydrolysis) is 1. The highest BCUT2D eigenvalue weighted by molar-refractivity contribution is 6.00. The van der Waals surface area contributed by atoms with E-state index in [2.05, 4.69) is 32.6 Å². The topological polar surface area (TPSA) is 91.0 Å². The SMILES string of the molecule is CC(C)(C)OC(=O)NCCCN1CC2CCC1CN2c1ccc(C2CCC(=O)NC2=O)cc1. The van der Waals surface area contributed by atoms with Crippen LogP contribution in [-0.4, -0.2) is 66.7 Å². The second-order valence-electron chi connectivity index (χ2n) is 10.4. The molecule has 180 valence electrons. The average Bonchev–Trinajstić information content (AvgIpc) is 2.76. The fourth-order valence-corrected chi connectivity index (χ4v) is 5.20. The molecule has 4 saturated heterocycles. The summed E-state index contributed by atoms with van der Waals surface area (Å²) in [7, 11) is 0. The normalized spacial score (nSPS) is 25.7. The molecule has 4 fully saturated rings. The molecule has 0 aromatic heterocycles. The van der Waals surface area contributed by atoms with Crippen molar-refractivity contribution in [1.29, 1.82) is 0 Å². The summed E-state index contributed by atoms with van der Waals surface area (Å²) in [6.45, 7) is 9.23. The molecule has 3 amide bonds. The van der Waals surface area contributed by atoms with Gasteiger partial charge in [-0.2, -0.15) is 0 Å². The minimum atomic E-state index is -0.473. The number of anilines is 1. The molecule has 1 aromatic rings. The molecule has 0 spiro atoms. The summed E-state index contributed by atoms with van der Waals surface area (Å²) in [6, 6.07) is 9.32. The lowest BCUT2D eigenvalue weighted by molar-refractivity contribution is -0.134. The largest absolute Gasteiger partial charge is 0.444 e. The summed E-state index contributed by atoms with van der Waals surface area (Å²) in [5, 5.41) is 5.30. The number of carbonyl (C=O) groups is 3. The van der Waals surface area contributed by atoms with E-state index in [0.29, 0.717) is 31.5 Å². The van der Waals surface area contributed by atoms with Gasteiger partial charge in [-0.1, -0.05) is 12.1 Å². The molecule has 8 nitrogen and oxygen atoms in total. The Bertz CT molecular complexity index is 879. The molecule has 3 unspecified atom stereocenters. The van der Waals surface area contributed by atoms with Crippen molar-refractivity contribution >= 4 is 23.6 Å². The van der Waals surface area contributed by atoms with E-state index >= 15 is 0 Å². The Hall–Kier alpha value is -2.61. The van der Waals surface area contributed by atoms with Crippen molar-refractivity contribution < 1.29 is 19.1 Å². The number of rotatable bonds is 6. The number of hydrogen-bond acceptors (Lipinski definition) is 6. The van der Waals surface area contributed by atoms with Crippen LogP contribution < -0.4 is 15.5 Å². The predicted octanol–water partition coefficient (Wildman–Crippen LogP) is 2.77. The second kappa shape index (κ2) is 9.71. The zero-order chi connectivity index (χ0) is 23.6. The molecule has 0 aliphatic carbocycles. The summed E-state index contributed by atoms with van der Waals surface area (Å²) in [6.07, 6.45) is 3.92. The number of ether oxygens (including phenoxy) is 1. The molecule has 1 aromatic carbocycles. The van der Waals surface area contributed by atoms with E-state index in [1.165, 1.54) is 18.5 Å². The van der Waals surface area contributed by atoms with Crippen LogP contribution in [0.3, 0.4) is 0 Å². The lowest BCUT2D eigenvalue weighted by Gasteiger charge is -2.52. The number of carbonyl (C=O) groups excluding carboxylic acids is 3. The monoisotopic (exact) mass is 456 g/mol. The molecule has 4 aliphatic rings. The van der Waals surface area contributed by atoms with Crippen molar-refractivity contribution in [1.82, 2.24) is 15.5 Å². The van der Waals surface area contributed by atoms with Crippen molar-refractivity contribution in [3.8, 4) is 0 Å². The van der Waals surface area contributed by atoms with Gasteiger partial charge in [-0.3, -0.25) is 19.8 Å². The molecular formula is C25H36N4O4. The molecule has 5 rings (SSSR count). The van der Waals surface area contributed by atoms with Crippen LogP contribution in [0.15, 0.2) is 24.3 Å². The number of imide groups is 1. The molecule has 2 N–H and O–H groups in total. The number of piperidine rings is 3. The van der Waals surface area contributed by atoms with Gasteiger partial charge >= 0.3 is 6.09 Å². The average molecular weight is 457 g/mol. The third-order valence-corrected chi connectivity index (χ3v) is 6.80. The highest BCUT2D eigenvalue weighted by atomic mass is 16.6. The molecular weight excluding hydrogens is 420 g/mol. The van der Waals surface area contributed by atoms with E-state index in [1.54, 1.807) is 0 Å². The molecule has 3 atom stereocenters. The molecule has 4 aliphatic heterocycles. The standard InChI is InChI=1S/C25H36N4O4/c1-25(2,3)33-24(32)26-13-4-14-28-15-20-10-9-19(28)16-29(20)18-7-5-17(6-8-18)21-11-12-22(30)27-23(21)31/h5-8,19-21H,4,9-16H2,1-3H3,(H,26,32)(H,27,30,31). The van der Waals surface area contributed by atoms with E-state index in [1.807, 2.05) is 32.9 Å². The van der Waals surface area contributed by atoms with E-state index in [9.17, 15) is 14.4 Å². The Kier molecular flexibility index (Phi) is 6.93. The number of amides is 3. The third kappa shape index (κ3) is 5.85. The third-order valence-electron chi connectivity index (χ3n) is 6.80.